The fourth-order valence-electron chi connectivity index (χ4n) is 3.49. The molecule has 0 radical (unpaired) electrons. The average Bonchev–Trinajstić information content (AvgIpc) is 3.00. The maximum Gasteiger partial charge on any atom is 0.295 e. The van der Waals surface area contributed by atoms with Crippen LogP contribution in [-0.2, 0) is 16.1 Å². The molecule has 150 valence electrons. The number of nitrogens with zero attached hydrogens (tertiary/aromatic N) is 2. The van der Waals surface area contributed by atoms with Gasteiger partial charge in [0.25, 0.3) is 11.7 Å². The summed E-state index contributed by atoms with van der Waals surface area (Å²) in [4.78, 5) is 31.0. The van der Waals surface area contributed by atoms with Crippen molar-refractivity contribution in [3.05, 3.63) is 107 Å². The minimum absolute atomic E-state index is 0.0701. The van der Waals surface area contributed by atoms with E-state index in [9.17, 15) is 23.5 Å². The van der Waals surface area contributed by atoms with E-state index in [1.165, 1.54) is 41.3 Å². The molecule has 0 aliphatic carbocycles. The maximum atomic E-state index is 13.5. The molecule has 0 saturated carbocycles. The summed E-state index contributed by atoms with van der Waals surface area (Å²) in [6.45, 7) is 0.0701. The van der Waals surface area contributed by atoms with E-state index in [0.29, 0.717) is 11.1 Å². The highest BCUT2D eigenvalue weighted by Gasteiger charge is 2.46. The number of rotatable bonds is 4. The third kappa shape index (κ3) is 3.57. The van der Waals surface area contributed by atoms with Crippen LogP contribution in [0.15, 0.2) is 78.6 Å². The van der Waals surface area contributed by atoms with Gasteiger partial charge < -0.3 is 10.0 Å². The zero-order valence-corrected chi connectivity index (χ0v) is 15.6. The molecule has 1 saturated heterocycles. The summed E-state index contributed by atoms with van der Waals surface area (Å²) in [5.41, 5.74) is 1.21. The number of ketones is 1. The fourth-order valence-corrected chi connectivity index (χ4v) is 3.49. The van der Waals surface area contributed by atoms with Crippen LogP contribution in [-0.4, -0.2) is 26.7 Å². The normalized spacial score (nSPS) is 18.1. The third-order valence-corrected chi connectivity index (χ3v) is 4.92. The number of aliphatic hydroxyl groups excluding tert-OH is 1. The van der Waals surface area contributed by atoms with E-state index in [1.807, 2.05) is 0 Å². The van der Waals surface area contributed by atoms with Crippen LogP contribution in [0.4, 0.5) is 8.78 Å². The van der Waals surface area contributed by atoms with Crippen molar-refractivity contribution in [1.29, 1.82) is 0 Å². The molecule has 7 heteroatoms. The largest absolute Gasteiger partial charge is 0.507 e. The average molecular weight is 406 g/mol. The minimum Gasteiger partial charge on any atom is -0.507 e. The molecule has 1 aliphatic heterocycles. The third-order valence-electron chi connectivity index (χ3n) is 4.92. The van der Waals surface area contributed by atoms with E-state index in [0.717, 1.165) is 12.1 Å². The molecule has 1 amide bonds. The van der Waals surface area contributed by atoms with E-state index in [2.05, 4.69) is 4.98 Å². The molecule has 0 unspecified atom stereocenters. The van der Waals surface area contributed by atoms with Crippen molar-refractivity contribution < 1.29 is 23.5 Å². The first-order valence-corrected chi connectivity index (χ1v) is 9.14. The van der Waals surface area contributed by atoms with Gasteiger partial charge in [0.15, 0.2) is 0 Å². The number of pyridine rings is 1. The second kappa shape index (κ2) is 7.87. The Bertz CT molecular complexity index is 1130. The fraction of sp³-hybridized carbons (Fsp3) is 0.0870. The number of hydrogen-bond acceptors (Lipinski definition) is 4. The van der Waals surface area contributed by atoms with E-state index in [1.54, 1.807) is 24.5 Å². The SMILES string of the molecule is O=C1C(=O)N(Cc2cccnc2)[C@H](c2ccc(F)cc2)/C1=C(\O)c1ccc(F)cc1. The Labute approximate surface area is 170 Å². The first-order valence-electron chi connectivity index (χ1n) is 9.14. The number of halogens is 2. The zero-order chi connectivity index (χ0) is 21.3. The predicted octanol–water partition coefficient (Wildman–Crippen LogP) is 3.98. The lowest BCUT2D eigenvalue weighted by Gasteiger charge is -2.25. The molecule has 2 heterocycles. The Morgan fingerprint density at radius 1 is 0.967 bits per heavy atom. The van der Waals surface area contributed by atoms with Crippen LogP contribution in [0.5, 0.6) is 0 Å². The van der Waals surface area contributed by atoms with E-state index >= 15 is 0 Å². The first-order chi connectivity index (χ1) is 14.5. The van der Waals surface area contributed by atoms with Gasteiger partial charge in [0.05, 0.1) is 11.6 Å². The molecule has 1 N–H and O–H groups in total. The summed E-state index contributed by atoms with van der Waals surface area (Å²) < 4.78 is 26.8. The molecule has 2 aromatic carbocycles. The summed E-state index contributed by atoms with van der Waals surface area (Å²) in [6.07, 6.45) is 3.16. The van der Waals surface area contributed by atoms with Crippen molar-refractivity contribution in [2.24, 2.45) is 0 Å². The van der Waals surface area contributed by atoms with Gasteiger partial charge in [-0.2, -0.15) is 0 Å². The minimum atomic E-state index is -0.934. The van der Waals surface area contributed by atoms with Crippen LogP contribution in [0, 0.1) is 11.6 Å². The lowest BCUT2D eigenvalue weighted by molar-refractivity contribution is -0.140. The second-order valence-electron chi connectivity index (χ2n) is 6.85. The molecule has 1 aromatic heterocycles. The molecule has 30 heavy (non-hydrogen) atoms. The summed E-state index contributed by atoms with van der Waals surface area (Å²) >= 11 is 0. The number of carbonyl (C=O) groups excluding carboxylic acids is 2. The van der Waals surface area contributed by atoms with Gasteiger partial charge in [-0.15, -0.1) is 0 Å². The summed E-state index contributed by atoms with van der Waals surface area (Å²) in [5, 5.41) is 10.8. The summed E-state index contributed by atoms with van der Waals surface area (Å²) in [6, 6.07) is 12.8. The standard InChI is InChI=1S/C23H16F2N2O3/c24-17-7-3-15(4-8-17)20-19(21(28)16-5-9-18(25)10-6-16)22(29)23(30)27(20)13-14-2-1-11-26-12-14/h1-12,20,28H,13H2/b21-19+/t20-/m1/s1. The number of aliphatic hydroxyl groups is 1. The van der Waals surface area contributed by atoms with Crippen molar-refractivity contribution >= 4 is 17.4 Å². The molecular formula is C23H16F2N2O3. The van der Waals surface area contributed by atoms with Crippen LogP contribution < -0.4 is 0 Å². The molecule has 1 fully saturated rings. The molecule has 1 aliphatic rings. The maximum absolute atomic E-state index is 13.5. The summed E-state index contributed by atoms with van der Waals surface area (Å²) in [5.74, 6) is -3.05. The Morgan fingerprint density at radius 2 is 1.60 bits per heavy atom. The highest BCUT2D eigenvalue weighted by molar-refractivity contribution is 6.46. The van der Waals surface area contributed by atoms with Crippen molar-refractivity contribution in [1.82, 2.24) is 9.88 Å². The topological polar surface area (TPSA) is 70.5 Å². The van der Waals surface area contributed by atoms with Gasteiger partial charge in [0, 0.05) is 24.5 Å². The molecule has 3 aromatic rings. The van der Waals surface area contributed by atoms with Gasteiger partial charge in [-0.1, -0.05) is 18.2 Å². The van der Waals surface area contributed by atoms with Gasteiger partial charge >= 0.3 is 0 Å². The number of benzene rings is 2. The van der Waals surface area contributed by atoms with Crippen molar-refractivity contribution in [2.75, 3.05) is 0 Å². The van der Waals surface area contributed by atoms with E-state index < -0.39 is 35.1 Å². The van der Waals surface area contributed by atoms with Crippen LogP contribution in [0.2, 0.25) is 0 Å². The van der Waals surface area contributed by atoms with Gasteiger partial charge in [0.1, 0.15) is 17.4 Å². The number of carbonyl (C=O) groups is 2. The molecular weight excluding hydrogens is 390 g/mol. The lowest BCUT2D eigenvalue weighted by atomic mass is 9.95. The Morgan fingerprint density at radius 3 is 2.20 bits per heavy atom. The van der Waals surface area contributed by atoms with Crippen LogP contribution in [0.25, 0.3) is 5.76 Å². The van der Waals surface area contributed by atoms with Crippen LogP contribution in [0.1, 0.15) is 22.7 Å². The molecule has 0 bridgehead atoms. The van der Waals surface area contributed by atoms with Crippen molar-refractivity contribution in [3.8, 4) is 0 Å². The van der Waals surface area contributed by atoms with Gasteiger partial charge in [-0.25, -0.2) is 8.78 Å². The molecule has 1 atom stereocenters. The first kappa shape index (κ1) is 19.4. The zero-order valence-electron chi connectivity index (χ0n) is 15.6. The smallest absolute Gasteiger partial charge is 0.295 e. The van der Waals surface area contributed by atoms with Crippen LogP contribution in [0.3, 0.4) is 0 Å². The number of likely N-dealkylation sites (tertiary alicyclic amines) is 1. The summed E-state index contributed by atoms with van der Waals surface area (Å²) in [7, 11) is 0. The lowest BCUT2D eigenvalue weighted by Crippen LogP contribution is -2.29. The molecule has 0 spiro atoms. The predicted molar refractivity (Wildman–Crippen MR) is 105 cm³/mol. The highest BCUT2D eigenvalue weighted by atomic mass is 19.1. The monoisotopic (exact) mass is 406 g/mol. The van der Waals surface area contributed by atoms with Crippen molar-refractivity contribution in [2.45, 2.75) is 12.6 Å². The number of amides is 1. The van der Waals surface area contributed by atoms with Crippen LogP contribution >= 0.6 is 0 Å². The Hall–Kier alpha value is -3.87. The van der Waals surface area contributed by atoms with E-state index in [4.69, 9.17) is 0 Å². The molecule has 4 rings (SSSR count). The van der Waals surface area contributed by atoms with E-state index in [-0.39, 0.29) is 17.7 Å². The Balaban J connectivity index is 1.85. The molecule has 5 nitrogen and oxygen atoms in total. The van der Waals surface area contributed by atoms with Gasteiger partial charge in [-0.05, 0) is 53.6 Å². The Kier molecular flexibility index (Phi) is 5.10. The second-order valence-corrected chi connectivity index (χ2v) is 6.85. The quantitative estimate of drug-likeness (QED) is 0.404. The highest BCUT2D eigenvalue weighted by Crippen LogP contribution is 2.40. The number of hydrogen-bond donors (Lipinski definition) is 1. The number of aromatic nitrogens is 1. The van der Waals surface area contributed by atoms with Gasteiger partial charge in [-0.3, -0.25) is 14.6 Å². The van der Waals surface area contributed by atoms with Gasteiger partial charge in [0.2, 0.25) is 0 Å². The number of Topliss-reactive ketones (excluding diaryl/α,β-unsaturated/α-hetero) is 1. The van der Waals surface area contributed by atoms with Crippen molar-refractivity contribution in [3.63, 3.8) is 0 Å².